The normalized spacial score (nSPS) is 23.2. The van der Waals surface area contributed by atoms with Crippen LogP contribution in [0.5, 0.6) is 0 Å². The van der Waals surface area contributed by atoms with E-state index in [4.69, 9.17) is 5.11 Å². The molecule has 5 nitrogen and oxygen atoms in total. The van der Waals surface area contributed by atoms with Gasteiger partial charge in [0.25, 0.3) is 0 Å². The number of alkyl halides is 3. The van der Waals surface area contributed by atoms with Gasteiger partial charge in [-0.25, -0.2) is 4.79 Å². The third kappa shape index (κ3) is 2.99. The number of hydrogen-bond donors (Lipinski definition) is 1. The van der Waals surface area contributed by atoms with Crippen molar-refractivity contribution in [1.82, 2.24) is 9.80 Å². The summed E-state index contributed by atoms with van der Waals surface area (Å²) >= 11 is 0. The molecule has 1 N–H and O–H groups in total. The van der Waals surface area contributed by atoms with Crippen LogP contribution in [0.25, 0.3) is 0 Å². The van der Waals surface area contributed by atoms with E-state index in [0.717, 1.165) is 4.90 Å². The zero-order chi connectivity index (χ0) is 15.7. The maximum absolute atomic E-state index is 13.0. The maximum atomic E-state index is 13.0. The van der Waals surface area contributed by atoms with E-state index in [2.05, 4.69) is 0 Å². The fourth-order valence-electron chi connectivity index (χ4n) is 2.37. The number of aliphatic carboxylic acids is 1. The van der Waals surface area contributed by atoms with E-state index < -0.39 is 36.6 Å². The van der Waals surface area contributed by atoms with Crippen LogP contribution in [-0.2, 0) is 4.79 Å². The molecule has 0 spiro atoms. The minimum absolute atomic E-state index is 0.179. The van der Waals surface area contributed by atoms with Gasteiger partial charge in [0.05, 0.1) is 0 Å². The van der Waals surface area contributed by atoms with E-state index in [-0.39, 0.29) is 12.5 Å². The number of urea groups is 1. The van der Waals surface area contributed by atoms with Crippen LogP contribution in [0, 0.1) is 11.3 Å². The number of carboxylic acids is 1. The van der Waals surface area contributed by atoms with Crippen LogP contribution >= 0.6 is 0 Å². The van der Waals surface area contributed by atoms with Crippen LogP contribution in [0.2, 0.25) is 0 Å². The van der Waals surface area contributed by atoms with Crippen molar-refractivity contribution in [2.75, 3.05) is 26.7 Å². The predicted molar refractivity (Wildman–Crippen MR) is 65.2 cm³/mol. The largest absolute Gasteiger partial charge is 0.481 e. The summed E-state index contributed by atoms with van der Waals surface area (Å²) in [5, 5.41) is 8.91. The van der Waals surface area contributed by atoms with E-state index in [1.54, 1.807) is 0 Å². The molecular formula is C12H19F3N2O3. The van der Waals surface area contributed by atoms with Gasteiger partial charge < -0.3 is 14.9 Å². The van der Waals surface area contributed by atoms with Crippen LogP contribution < -0.4 is 0 Å². The molecule has 0 saturated carbocycles. The van der Waals surface area contributed by atoms with Crippen molar-refractivity contribution in [3.63, 3.8) is 0 Å². The smallest absolute Gasteiger partial charge is 0.406 e. The Morgan fingerprint density at radius 2 is 1.95 bits per heavy atom. The van der Waals surface area contributed by atoms with Gasteiger partial charge in [0.2, 0.25) is 0 Å². The Bertz CT molecular complexity index is 398. The molecule has 1 unspecified atom stereocenters. The van der Waals surface area contributed by atoms with Crippen molar-refractivity contribution < 1.29 is 27.9 Å². The first-order valence-corrected chi connectivity index (χ1v) is 6.31. The Morgan fingerprint density at radius 1 is 1.40 bits per heavy atom. The topological polar surface area (TPSA) is 60.9 Å². The van der Waals surface area contributed by atoms with Crippen molar-refractivity contribution >= 4 is 12.0 Å². The lowest BCUT2D eigenvalue weighted by Gasteiger charge is -2.29. The van der Waals surface area contributed by atoms with Crippen molar-refractivity contribution in [2.45, 2.75) is 26.4 Å². The van der Waals surface area contributed by atoms with Crippen LogP contribution in [0.4, 0.5) is 18.0 Å². The summed E-state index contributed by atoms with van der Waals surface area (Å²) in [5.74, 6) is -1.75. The van der Waals surface area contributed by atoms with Gasteiger partial charge in [0.1, 0.15) is 0 Å². The minimum Gasteiger partial charge on any atom is -0.481 e. The minimum atomic E-state index is -4.87. The van der Waals surface area contributed by atoms with E-state index in [1.165, 1.54) is 11.9 Å². The number of carbonyl (C=O) groups is 2. The van der Waals surface area contributed by atoms with Gasteiger partial charge >= 0.3 is 18.2 Å². The molecule has 116 valence electrons. The molecule has 0 aromatic heterocycles. The Labute approximate surface area is 115 Å². The van der Waals surface area contributed by atoms with Crippen LogP contribution in [-0.4, -0.2) is 59.8 Å². The molecule has 20 heavy (non-hydrogen) atoms. The molecule has 8 heteroatoms. The number of nitrogens with zero attached hydrogens (tertiary/aromatic N) is 2. The number of carbonyl (C=O) groups excluding carboxylic acids is 1. The van der Waals surface area contributed by atoms with Crippen LogP contribution in [0.3, 0.4) is 0 Å². The number of halogens is 3. The monoisotopic (exact) mass is 296 g/mol. The Morgan fingerprint density at radius 3 is 2.30 bits per heavy atom. The van der Waals surface area contributed by atoms with Crippen molar-refractivity contribution in [1.29, 1.82) is 0 Å². The second-order valence-electron chi connectivity index (χ2n) is 5.61. The molecule has 2 amide bonds. The maximum Gasteiger partial charge on any atom is 0.406 e. The summed E-state index contributed by atoms with van der Waals surface area (Å²) in [6.45, 7) is 3.14. The number of hydrogen-bond acceptors (Lipinski definition) is 2. The molecule has 0 aliphatic carbocycles. The van der Waals surface area contributed by atoms with E-state index in [9.17, 15) is 22.8 Å². The summed E-state index contributed by atoms with van der Waals surface area (Å²) < 4.78 is 38.9. The van der Waals surface area contributed by atoms with Crippen molar-refractivity contribution in [3.8, 4) is 0 Å². The number of rotatable bonds is 3. The summed E-state index contributed by atoms with van der Waals surface area (Å²) in [4.78, 5) is 25.3. The summed E-state index contributed by atoms with van der Waals surface area (Å²) in [6.07, 6.45) is -5.47. The Kier molecular flexibility index (Phi) is 4.55. The van der Waals surface area contributed by atoms with Crippen LogP contribution in [0.15, 0.2) is 0 Å². The molecule has 0 bridgehead atoms. The van der Waals surface area contributed by atoms with E-state index >= 15 is 0 Å². The molecule has 1 saturated heterocycles. The van der Waals surface area contributed by atoms with Gasteiger partial charge in [-0.1, -0.05) is 13.8 Å². The SMILES string of the molecule is CC(C)CN(C)C(=O)N1CCC(C(=O)O)(C(F)(F)F)C1. The highest BCUT2D eigenvalue weighted by molar-refractivity contribution is 5.80. The van der Waals surface area contributed by atoms with Crippen LogP contribution in [0.1, 0.15) is 20.3 Å². The lowest BCUT2D eigenvalue weighted by atomic mass is 9.86. The first-order valence-electron chi connectivity index (χ1n) is 6.31. The number of carboxylic acid groups (broad SMARTS) is 1. The average Bonchev–Trinajstić information content (AvgIpc) is 2.72. The van der Waals surface area contributed by atoms with E-state index in [0.29, 0.717) is 6.54 Å². The van der Waals surface area contributed by atoms with Gasteiger partial charge in [-0.2, -0.15) is 13.2 Å². The Balaban J connectivity index is 2.85. The fraction of sp³-hybridized carbons (Fsp3) is 0.833. The molecule has 1 atom stereocenters. The highest BCUT2D eigenvalue weighted by atomic mass is 19.4. The highest BCUT2D eigenvalue weighted by Crippen LogP contribution is 2.45. The first-order chi connectivity index (χ1) is 9.01. The quantitative estimate of drug-likeness (QED) is 0.867. The summed E-state index contributed by atoms with van der Waals surface area (Å²) in [7, 11) is 1.50. The second kappa shape index (κ2) is 5.49. The molecule has 1 heterocycles. The zero-order valence-electron chi connectivity index (χ0n) is 11.7. The molecule has 1 aliphatic rings. The zero-order valence-corrected chi connectivity index (χ0v) is 11.7. The van der Waals surface area contributed by atoms with Gasteiger partial charge in [-0.3, -0.25) is 4.79 Å². The summed E-state index contributed by atoms with van der Waals surface area (Å²) in [6, 6.07) is -0.564. The molecular weight excluding hydrogens is 277 g/mol. The lowest BCUT2D eigenvalue weighted by molar-refractivity contribution is -0.227. The lowest BCUT2D eigenvalue weighted by Crippen LogP contribution is -2.49. The fourth-order valence-corrected chi connectivity index (χ4v) is 2.37. The second-order valence-corrected chi connectivity index (χ2v) is 5.61. The van der Waals surface area contributed by atoms with E-state index in [1.807, 2.05) is 13.8 Å². The average molecular weight is 296 g/mol. The third-order valence-corrected chi connectivity index (χ3v) is 3.46. The molecule has 0 radical (unpaired) electrons. The molecule has 0 aromatic rings. The standard InChI is InChI=1S/C12H19F3N2O3/c1-8(2)6-16(3)10(20)17-5-4-11(7-17,9(18)19)12(13,14)15/h8H,4-7H2,1-3H3,(H,18,19). The molecule has 0 aromatic carbocycles. The van der Waals surface area contributed by atoms with Gasteiger partial charge in [-0.05, 0) is 12.3 Å². The van der Waals surface area contributed by atoms with Gasteiger partial charge in [0, 0.05) is 26.7 Å². The highest BCUT2D eigenvalue weighted by Gasteiger charge is 2.64. The van der Waals surface area contributed by atoms with Crippen molar-refractivity contribution in [3.05, 3.63) is 0 Å². The molecule has 1 fully saturated rings. The summed E-state index contributed by atoms with van der Waals surface area (Å²) in [5.41, 5.74) is -2.85. The molecule has 1 aliphatic heterocycles. The molecule has 1 rings (SSSR count). The Hall–Kier alpha value is -1.47. The third-order valence-electron chi connectivity index (χ3n) is 3.46. The number of likely N-dealkylation sites (tertiary alicyclic amines) is 1. The predicted octanol–water partition coefficient (Wildman–Crippen LogP) is 2.03. The van der Waals surface area contributed by atoms with Crippen molar-refractivity contribution in [2.24, 2.45) is 11.3 Å². The first kappa shape index (κ1) is 16.6. The van der Waals surface area contributed by atoms with Gasteiger partial charge in [-0.15, -0.1) is 0 Å². The van der Waals surface area contributed by atoms with Gasteiger partial charge in [0.15, 0.2) is 5.41 Å². The number of amides is 2.